The van der Waals surface area contributed by atoms with Crippen molar-refractivity contribution < 1.29 is 9.47 Å². The van der Waals surface area contributed by atoms with Crippen LogP contribution in [0.5, 0.6) is 11.5 Å². The monoisotopic (exact) mass is 454 g/mol. The number of hydrogen-bond donors (Lipinski definition) is 0. The van der Waals surface area contributed by atoms with Crippen LogP contribution in [0, 0.1) is 6.92 Å². The van der Waals surface area contributed by atoms with Gasteiger partial charge in [0.05, 0.1) is 24.8 Å². The van der Waals surface area contributed by atoms with Crippen molar-refractivity contribution in [3.63, 3.8) is 0 Å². The van der Waals surface area contributed by atoms with Crippen molar-refractivity contribution in [1.29, 1.82) is 0 Å². The van der Waals surface area contributed by atoms with E-state index in [9.17, 15) is 0 Å². The minimum absolute atomic E-state index is 0.450. The quantitative estimate of drug-likeness (QED) is 0.233. The maximum absolute atomic E-state index is 6.19. The predicted octanol–water partition coefficient (Wildman–Crippen LogP) is 7.51. The van der Waals surface area contributed by atoms with Crippen LogP contribution in [0.15, 0.2) is 66.7 Å². The Morgan fingerprint density at radius 1 is 0.912 bits per heavy atom. The molecule has 0 bridgehead atoms. The van der Waals surface area contributed by atoms with Gasteiger partial charge in [-0.2, -0.15) is 0 Å². The van der Waals surface area contributed by atoms with Gasteiger partial charge in [0.25, 0.3) is 0 Å². The summed E-state index contributed by atoms with van der Waals surface area (Å²) in [7, 11) is 1.70. The van der Waals surface area contributed by atoms with Crippen LogP contribution in [0.2, 0.25) is 0 Å². The lowest BCUT2D eigenvalue weighted by Crippen LogP contribution is -2.05. The second kappa shape index (κ2) is 11.1. The highest BCUT2D eigenvalue weighted by molar-refractivity contribution is 5.80. The fraction of sp³-hybridized carbons (Fsp3) is 0.300. The van der Waals surface area contributed by atoms with Crippen LogP contribution in [0.4, 0.5) is 0 Å². The number of aryl methyl sites for hydroxylation is 2. The third-order valence-corrected chi connectivity index (χ3v) is 6.06. The van der Waals surface area contributed by atoms with Crippen LogP contribution >= 0.6 is 0 Å². The zero-order valence-electron chi connectivity index (χ0n) is 20.6. The van der Waals surface area contributed by atoms with E-state index in [1.165, 1.54) is 11.1 Å². The summed E-state index contributed by atoms with van der Waals surface area (Å²) in [6.07, 6.45) is 6.15. The van der Waals surface area contributed by atoms with Gasteiger partial charge in [-0.15, -0.1) is 0 Å². The van der Waals surface area contributed by atoms with Gasteiger partial charge in [-0.25, -0.2) is 4.98 Å². The van der Waals surface area contributed by atoms with Crippen molar-refractivity contribution in [2.45, 2.75) is 46.1 Å². The molecule has 0 amide bonds. The number of fused-ring (bicyclic) bond motifs is 1. The van der Waals surface area contributed by atoms with Crippen molar-refractivity contribution in [1.82, 2.24) is 9.55 Å². The first-order valence-corrected chi connectivity index (χ1v) is 12.1. The SMILES string of the molecule is COc1ccccc1/C=C/c1nc2ccccc2n1CCCCOc1cc(C)ccc1C(C)C. The van der Waals surface area contributed by atoms with Crippen LogP contribution in [0.25, 0.3) is 23.2 Å². The van der Waals surface area contributed by atoms with Gasteiger partial charge in [0, 0.05) is 12.1 Å². The smallest absolute Gasteiger partial charge is 0.133 e. The molecule has 0 aliphatic heterocycles. The molecule has 0 aliphatic rings. The summed E-state index contributed by atoms with van der Waals surface area (Å²) in [4.78, 5) is 4.87. The highest BCUT2D eigenvalue weighted by Gasteiger charge is 2.10. The van der Waals surface area contributed by atoms with Gasteiger partial charge in [-0.1, -0.05) is 56.3 Å². The molecule has 0 N–H and O–H groups in total. The van der Waals surface area contributed by atoms with Crippen molar-refractivity contribution in [3.05, 3.63) is 89.2 Å². The van der Waals surface area contributed by atoms with E-state index in [2.05, 4.69) is 80.0 Å². The molecule has 4 nitrogen and oxygen atoms in total. The van der Waals surface area contributed by atoms with Crippen LogP contribution in [0.1, 0.15) is 55.1 Å². The Hall–Kier alpha value is -3.53. The van der Waals surface area contributed by atoms with Crippen LogP contribution < -0.4 is 9.47 Å². The summed E-state index contributed by atoms with van der Waals surface area (Å²) in [5.74, 6) is 3.28. The highest BCUT2D eigenvalue weighted by atomic mass is 16.5. The van der Waals surface area contributed by atoms with Crippen LogP contribution in [-0.2, 0) is 6.54 Å². The number of methoxy groups -OCH3 is 1. The molecule has 0 saturated heterocycles. The summed E-state index contributed by atoms with van der Waals surface area (Å²) >= 11 is 0. The summed E-state index contributed by atoms with van der Waals surface area (Å²) in [5, 5.41) is 0. The molecule has 4 rings (SSSR count). The van der Waals surface area contributed by atoms with E-state index in [-0.39, 0.29) is 0 Å². The Labute approximate surface area is 202 Å². The summed E-state index contributed by atoms with van der Waals surface area (Å²) in [6, 6.07) is 22.8. The van der Waals surface area contributed by atoms with E-state index < -0.39 is 0 Å². The lowest BCUT2D eigenvalue weighted by molar-refractivity contribution is 0.299. The Balaban J connectivity index is 1.45. The average molecular weight is 455 g/mol. The first-order valence-electron chi connectivity index (χ1n) is 12.1. The predicted molar refractivity (Wildman–Crippen MR) is 142 cm³/mol. The molecule has 0 radical (unpaired) electrons. The standard InChI is InChI=1S/C30H34N2O2/c1-22(2)25-17-15-23(3)21-29(25)34-20-10-9-19-32-27-13-7-6-12-26(27)31-30(32)18-16-24-11-5-8-14-28(24)33-4/h5-8,11-18,21-22H,9-10,19-20H2,1-4H3/b18-16+. The molecule has 3 aromatic carbocycles. The zero-order chi connectivity index (χ0) is 23.9. The summed E-state index contributed by atoms with van der Waals surface area (Å²) in [6.45, 7) is 8.13. The first-order chi connectivity index (χ1) is 16.6. The topological polar surface area (TPSA) is 36.3 Å². The summed E-state index contributed by atoms with van der Waals surface area (Å²) in [5.41, 5.74) is 5.71. The van der Waals surface area contributed by atoms with E-state index in [1.807, 2.05) is 24.3 Å². The molecule has 0 unspecified atom stereocenters. The number of rotatable bonds is 10. The van der Waals surface area contributed by atoms with Crippen LogP contribution in [0.3, 0.4) is 0 Å². The lowest BCUT2D eigenvalue weighted by Gasteiger charge is -2.15. The second-order valence-electron chi connectivity index (χ2n) is 8.94. The fourth-order valence-electron chi connectivity index (χ4n) is 4.22. The molecular formula is C30H34N2O2. The van der Waals surface area contributed by atoms with Gasteiger partial charge in [0.1, 0.15) is 17.3 Å². The van der Waals surface area contributed by atoms with Gasteiger partial charge < -0.3 is 14.0 Å². The largest absolute Gasteiger partial charge is 0.496 e. The second-order valence-corrected chi connectivity index (χ2v) is 8.94. The molecule has 4 heteroatoms. The molecule has 34 heavy (non-hydrogen) atoms. The summed E-state index contributed by atoms with van der Waals surface area (Å²) < 4.78 is 14.0. The average Bonchev–Trinajstić information content (AvgIpc) is 3.20. The van der Waals surface area contributed by atoms with E-state index >= 15 is 0 Å². The lowest BCUT2D eigenvalue weighted by atomic mass is 10.0. The first kappa shape index (κ1) is 23.6. The Kier molecular flexibility index (Phi) is 7.69. The van der Waals surface area contributed by atoms with Crippen molar-refractivity contribution in [2.75, 3.05) is 13.7 Å². The van der Waals surface area contributed by atoms with Gasteiger partial charge in [-0.3, -0.25) is 0 Å². The number of imidazole rings is 1. The van der Waals surface area contributed by atoms with E-state index in [4.69, 9.17) is 14.5 Å². The third-order valence-electron chi connectivity index (χ3n) is 6.06. The molecule has 0 aliphatic carbocycles. The highest BCUT2D eigenvalue weighted by Crippen LogP contribution is 2.28. The third kappa shape index (κ3) is 5.51. The van der Waals surface area contributed by atoms with Crippen LogP contribution in [-0.4, -0.2) is 23.3 Å². The molecule has 4 aromatic rings. The number of nitrogens with zero attached hydrogens (tertiary/aromatic N) is 2. The number of hydrogen-bond acceptors (Lipinski definition) is 3. The molecule has 0 spiro atoms. The van der Waals surface area contributed by atoms with Crippen molar-refractivity contribution >= 4 is 23.2 Å². The zero-order valence-corrected chi connectivity index (χ0v) is 20.6. The maximum Gasteiger partial charge on any atom is 0.133 e. The van der Waals surface area contributed by atoms with E-state index in [0.717, 1.165) is 53.3 Å². The fourth-order valence-corrected chi connectivity index (χ4v) is 4.22. The number of ether oxygens (including phenoxy) is 2. The molecular weight excluding hydrogens is 420 g/mol. The van der Waals surface area contributed by atoms with Gasteiger partial charge in [-0.05, 0) is 73.2 Å². The minimum Gasteiger partial charge on any atom is -0.496 e. The maximum atomic E-state index is 6.19. The Bertz CT molecular complexity index is 1270. The number of unbranched alkanes of at least 4 members (excludes halogenated alkanes) is 1. The Morgan fingerprint density at radius 2 is 1.71 bits per heavy atom. The molecule has 176 valence electrons. The Morgan fingerprint density at radius 3 is 2.53 bits per heavy atom. The molecule has 0 atom stereocenters. The van der Waals surface area contributed by atoms with Gasteiger partial charge in [0.2, 0.25) is 0 Å². The molecule has 0 fully saturated rings. The van der Waals surface area contributed by atoms with Gasteiger partial charge in [0.15, 0.2) is 0 Å². The normalized spacial score (nSPS) is 11.6. The number of aromatic nitrogens is 2. The van der Waals surface area contributed by atoms with Crippen molar-refractivity contribution in [2.24, 2.45) is 0 Å². The van der Waals surface area contributed by atoms with Gasteiger partial charge >= 0.3 is 0 Å². The molecule has 1 aromatic heterocycles. The number of benzene rings is 3. The number of para-hydroxylation sites is 3. The van der Waals surface area contributed by atoms with E-state index in [1.54, 1.807) is 7.11 Å². The molecule has 1 heterocycles. The van der Waals surface area contributed by atoms with E-state index in [0.29, 0.717) is 12.5 Å². The molecule has 0 saturated carbocycles. The van der Waals surface area contributed by atoms with Crippen molar-refractivity contribution in [3.8, 4) is 11.5 Å². The minimum atomic E-state index is 0.450.